The van der Waals surface area contributed by atoms with Crippen LogP contribution >= 0.6 is 15.9 Å². The molecule has 0 bridgehead atoms. The van der Waals surface area contributed by atoms with Crippen molar-refractivity contribution in [2.24, 2.45) is 12.8 Å². The van der Waals surface area contributed by atoms with Crippen LogP contribution in [0.5, 0.6) is 0 Å². The second-order valence-corrected chi connectivity index (χ2v) is 4.20. The number of nitrogens with zero attached hydrogens (tertiary/aromatic N) is 3. The zero-order valence-corrected chi connectivity index (χ0v) is 10.1. The molecule has 2 heterocycles. The Morgan fingerprint density at radius 2 is 2.31 bits per heavy atom. The quantitative estimate of drug-likeness (QED) is 0.914. The molecule has 84 valence electrons. The van der Waals surface area contributed by atoms with E-state index in [1.54, 1.807) is 17.9 Å². The van der Waals surface area contributed by atoms with Crippen LogP contribution in [0.1, 0.15) is 17.4 Å². The molecule has 2 aromatic rings. The normalized spacial score (nSPS) is 12.8. The van der Waals surface area contributed by atoms with Crippen molar-refractivity contribution in [2.45, 2.75) is 6.04 Å². The van der Waals surface area contributed by atoms with E-state index in [-0.39, 0.29) is 5.69 Å². The maximum atomic E-state index is 13.5. The molecule has 0 fully saturated rings. The smallest absolute Gasteiger partial charge is 0.146 e. The lowest BCUT2D eigenvalue weighted by molar-refractivity contribution is 0.571. The van der Waals surface area contributed by atoms with Crippen molar-refractivity contribution >= 4 is 15.9 Å². The van der Waals surface area contributed by atoms with Gasteiger partial charge in [-0.3, -0.25) is 9.67 Å². The minimum atomic E-state index is -0.636. The SMILES string of the molecule is Cn1ncc(Br)c1C(N)c1ncccc1F. The van der Waals surface area contributed by atoms with Crippen LogP contribution in [0.2, 0.25) is 0 Å². The highest BCUT2D eigenvalue weighted by atomic mass is 79.9. The lowest BCUT2D eigenvalue weighted by Crippen LogP contribution is -2.19. The fraction of sp³-hybridized carbons (Fsp3) is 0.200. The first kappa shape index (κ1) is 11.2. The van der Waals surface area contributed by atoms with E-state index in [0.29, 0.717) is 5.69 Å². The molecule has 0 spiro atoms. The minimum Gasteiger partial charge on any atom is -0.318 e. The van der Waals surface area contributed by atoms with E-state index in [9.17, 15) is 4.39 Å². The Morgan fingerprint density at radius 1 is 1.56 bits per heavy atom. The van der Waals surface area contributed by atoms with E-state index in [0.717, 1.165) is 4.47 Å². The number of aryl methyl sites for hydroxylation is 1. The number of halogens is 2. The van der Waals surface area contributed by atoms with Gasteiger partial charge in [-0.15, -0.1) is 0 Å². The zero-order chi connectivity index (χ0) is 11.7. The van der Waals surface area contributed by atoms with Gasteiger partial charge in [0.2, 0.25) is 0 Å². The third-order valence-electron chi connectivity index (χ3n) is 2.31. The maximum absolute atomic E-state index is 13.5. The molecular weight excluding hydrogens is 275 g/mol. The number of rotatable bonds is 2. The average Bonchev–Trinajstić information content (AvgIpc) is 2.58. The molecule has 16 heavy (non-hydrogen) atoms. The van der Waals surface area contributed by atoms with Crippen LogP contribution in [0.3, 0.4) is 0 Å². The summed E-state index contributed by atoms with van der Waals surface area (Å²) in [6, 6.07) is 2.24. The van der Waals surface area contributed by atoms with Crippen LogP contribution in [0.25, 0.3) is 0 Å². The largest absolute Gasteiger partial charge is 0.318 e. The molecule has 1 atom stereocenters. The van der Waals surface area contributed by atoms with E-state index in [2.05, 4.69) is 26.0 Å². The molecule has 2 rings (SSSR count). The van der Waals surface area contributed by atoms with Gasteiger partial charge in [0.15, 0.2) is 0 Å². The van der Waals surface area contributed by atoms with Gasteiger partial charge < -0.3 is 5.73 Å². The second kappa shape index (κ2) is 4.31. The highest BCUT2D eigenvalue weighted by Gasteiger charge is 2.20. The third kappa shape index (κ3) is 1.85. The fourth-order valence-electron chi connectivity index (χ4n) is 1.53. The van der Waals surface area contributed by atoms with Gasteiger partial charge in [-0.1, -0.05) is 0 Å². The average molecular weight is 285 g/mol. The highest BCUT2D eigenvalue weighted by Crippen LogP contribution is 2.26. The number of pyridine rings is 1. The lowest BCUT2D eigenvalue weighted by atomic mass is 10.1. The van der Waals surface area contributed by atoms with Gasteiger partial charge in [0.25, 0.3) is 0 Å². The van der Waals surface area contributed by atoms with Gasteiger partial charge in [-0.05, 0) is 28.1 Å². The monoisotopic (exact) mass is 284 g/mol. The van der Waals surface area contributed by atoms with Gasteiger partial charge in [-0.2, -0.15) is 5.10 Å². The predicted octanol–water partition coefficient (Wildman–Crippen LogP) is 1.76. The minimum absolute atomic E-state index is 0.215. The molecule has 1 unspecified atom stereocenters. The predicted molar refractivity (Wildman–Crippen MR) is 61.1 cm³/mol. The molecule has 0 aliphatic heterocycles. The summed E-state index contributed by atoms with van der Waals surface area (Å²) in [5, 5.41) is 4.03. The Kier molecular flexibility index (Phi) is 3.02. The summed E-state index contributed by atoms with van der Waals surface area (Å²) >= 11 is 3.33. The van der Waals surface area contributed by atoms with Crippen molar-refractivity contribution < 1.29 is 4.39 Å². The summed E-state index contributed by atoms with van der Waals surface area (Å²) in [6.45, 7) is 0. The zero-order valence-electron chi connectivity index (χ0n) is 8.56. The first-order valence-electron chi connectivity index (χ1n) is 4.64. The Labute approximate surface area is 100 Å². The number of hydrogen-bond acceptors (Lipinski definition) is 3. The lowest BCUT2D eigenvalue weighted by Gasteiger charge is -2.12. The topological polar surface area (TPSA) is 56.7 Å². The van der Waals surface area contributed by atoms with Crippen molar-refractivity contribution in [3.63, 3.8) is 0 Å². The Balaban J connectivity index is 2.47. The summed E-state index contributed by atoms with van der Waals surface area (Å²) in [5.74, 6) is -0.414. The molecule has 4 nitrogen and oxygen atoms in total. The molecule has 0 amide bonds. The molecule has 0 aromatic carbocycles. The van der Waals surface area contributed by atoms with Crippen molar-refractivity contribution in [2.75, 3.05) is 0 Å². The van der Waals surface area contributed by atoms with Gasteiger partial charge in [0.1, 0.15) is 5.82 Å². The molecule has 0 aliphatic rings. The number of aromatic nitrogens is 3. The van der Waals surface area contributed by atoms with E-state index in [1.807, 2.05) is 0 Å². The van der Waals surface area contributed by atoms with E-state index in [1.165, 1.54) is 18.3 Å². The number of nitrogens with two attached hydrogens (primary N) is 1. The number of hydrogen-bond donors (Lipinski definition) is 1. The summed E-state index contributed by atoms with van der Waals surface area (Å²) in [6.07, 6.45) is 3.14. The van der Waals surface area contributed by atoms with Crippen LogP contribution < -0.4 is 5.73 Å². The van der Waals surface area contributed by atoms with Crippen molar-refractivity contribution in [1.82, 2.24) is 14.8 Å². The van der Waals surface area contributed by atoms with Crippen molar-refractivity contribution in [3.8, 4) is 0 Å². The van der Waals surface area contributed by atoms with E-state index >= 15 is 0 Å². The standard InChI is InChI=1S/C10H10BrFN4/c1-16-10(6(11)5-15-16)8(13)9-7(12)3-2-4-14-9/h2-5,8H,13H2,1H3. The molecule has 0 aliphatic carbocycles. The van der Waals surface area contributed by atoms with Gasteiger partial charge in [0, 0.05) is 13.2 Å². The fourth-order valence-corrected chi connectivity index (χ4v) is 2.12. The second-order valence-electron chi connectivity index (χ2n) is 3.35. The molecule has 0 radical (unpaired) electrons. The van der Waals surface area contributed by atoms with Gasteiger partial charge in [-0.25, -0.2) is 4.39 Å². The van der Waals surface area contributed by atoms with Crippen molar-refractivity contribution in [3.05, 3.63) is 46.2 Å². The first-order chi connectivity index (χ1) is 7.61. The molecular formula is C10H10BrFN4. The molecule has 0 saturated heterocycles. The summed E-state index contributed by atoms with van der Waals surface area (Å²) in [4.78, 5) is 3.95. The highest BCUT2D eigenvalue weighted by molar-refractivity contribution is 9.10. The first-order valence-corrected chi connectivity index (χ1v) is 5.44. The summed E-state index contributed by atoms with van der Waals surface area (Å²) < 4.78 is 15.9. The van der Waals surface area contributed by atoms with Crippen LogP contribution in [-0.2, 0) is 7.05 Å². The summed E-state index contributed by atoms with van der Waals surface area (Å²) in [5.41, 5.74) is 6.88. The van der Waals surface area contributed by atoms with E-state index in [4.69, 9.17) is 5.73 Å². The Hall–Kier alpha value is -1.27. The van der Waals surface area contributed by atoms with Crippen molar-refractivity contribution in [1.29, 1.82) is 0 Å². The van der Waals surface area contributed by atoms with Crippen LogP contribution in [0.4, 0.5) is 4.39 Å². The van der Waals surface area contributed by atoms with Crippen LogP contribution in [-0.4, -0.2) is 14.8 Å². The molecule has 0 saturated carbocycles. The molecule has 2 aromatic heterocycles. The molecule has 6 heteroatoms. The van der Waals surface area contributed by atoms with Gasteiger partial charge >= 0.3 is 0 Å². The van der Waals surface area contributed by atoms with Gasteiger partial charge in [0.05, 0.1) is 28.1 Å². The van der Waals surface area contributed by atoms with Crippen LogP contribution in [0, 0.1) is 5.82 Å². The third-order valence-corrected chi connectivity index (χ3v) is 2.92. The Morgan fingerprint density at radius 3 is 2.88 bits per heavy atom. The summed E-state index contributed by atoms with van der Waals surface area (Å²) in [7, 11) is 1.75. The van der Waals surface area contributed by atoms with E-state index < -0.39 is 11.9 Å². The van der Waals surface area contributed by atoms with Crippen LogP contribution in [0.15, 0.2) is 29.0 Å². The Bertz CT molecular complexity index is 492. The maximum Gasteiger partial charge on any atom is 0.146 e. The molecule has 2 N–H and O–H groups in total.